The van der Waals surface area contributed by atoms with E-state index in [1.165, 1.54) is 39.6 Å². The number of anilines is 1. The number of nitrogens with zero attached hydrogens (tertiary/aromatic N) is 5. The number of aliphatic hydroxyl groups is 1. The second-order valence-electron chi connectivity index (χ2n) is 7.72. The lowest BCUT2D eigenvalue weighted by Gasteiger charge is -2.27. The van der Waals surface area contributed by atoms with E-state index >= 15 is 0 Å². The number of para-hydroxylation sites is 2. The van der Waals surface area contributed by atoms with Crippen molar-refractivity contribution in [2.24, 2.45) is 0 Å². The molecule has 12 heteroatoms. The van der Waals surface area contributed by atoms with Gasteiger partial charge in [0.25, 0.3) is 15.9 Å². The molecule has 2 heterocycles. The third-order valence-electron chi connectivity index (χ3n) is 5.11. The maximum absolute atomic E-state index is 13.6. The highest BCUT2D eigenvalue weighted by Gasteiger charge is 2.33. The van der Waals surface area contributed by atoms with E-state index in [0.29, 0.717) is 15.6 Å². The minimum absolute atomic E-state index is 0.0438. The van der Waals surface area contributed by atoms with Crippen molar-refractivity contribution >= 4 is 21.9 Å². The van der Waals surface area contributed by atoms with Gasteiger partial charge in [0.2, 0.25) is 11.6 Å². The van der Waals surface area contributed by atoms with Crippen LogP contribution in [0.4, 0.5) is 5.82 Å². The number of sulfonamides is 1. The van der Waals surface area contributed by atoms with Crippen molar-refractivity contribution in [1.82, 2.24) is 19.9 Å². The first kappa shape index (κ1) is 26.5. The van der Waals surface area contributed by atoms with Crippen molar-refractivity contribution < 1.29 is 27.7 Å². The molecule has 0 bridgehead atoms. The SMILES string of the molecule is COc1ccccc1Oc1c(OC)nc(-c2ncccn2)nc1N(C(C)O)S(=O)(=O)/C=C/c1ccccc1. The minimum Gasteiger partial charge on any atom is -0.493 e. The van der Waals surface area contributed by atoms with Crippen molar-refractivity contribution in [3.05, 3.63) is 84.0 Å². The van der Waals surface area contributed by atoms with Crippen LogP contribution in [0.5, 0.6) is 23.1 Å². The normalized spacial score (nSPS) is 12.2. The average Bonchev–Trinajstić information content (AvgIpc) is 2.93. The number of rotatable bonds is 10. The minimum atomic E-state index is -4.32. The van der Waals surface area contributed by atoms with Gasteiger partial charge in [-0.1, -0.05) is 42.5 Å². The van der Waals surface area contributed by atoms with Crippen LogP contribution in [0.1, 0.15) is 12.5 Å². The highest BCUT2D eigenvalue weighted by atomic mass is 32.2. The monoisotopic (exact) mass is 535 g/mol. The first-order valence-corrected chi connectivity index (χ1v) is 12.8. The van der Waals surface area contributed by atoms with Crippen LogP contribution in [0.3, 0.4) is 0 Å². The number of aliphatic hydroxyl groups excluding tert-OH is 1. The molecule has 0 amide bonds. The molecule has 11 nitrogen and oxygen atoms in total. The largest absolute Gasteiger partial charge is 0.493 e. The second kappa shape index (κ2) is 11.7. The summed E-state index contributed by atoms with van der Waals surface area (Å²) in [7, 11) is -1.52. The molecule has 0 aliphatic heterocycles. The zero-order valence-electron chi connectivity index (χ0n) is 20.8. The van der Waals surface area contributed by atoms with Gasteiger partial charge in [0.05, 0.1) is 19.6 Å². The summed E-state index contributed by atoms with van der Waals surface area (Å²) in [6, 6.07) is 17.2. The Morgan fingerprint density at radius 3 is 2.16 bits per heavy atom. The van der Waals surface area contributed by atoms with Crippen molar-refractivity contribution in [2.45, 2.75) is 13.2 Å². The lowest BCUT2D eigenvalue weighted by molar-refractivity contribution is 0.205. The summed E-state index contributed by atoms with van der Waals surface area (Å²) in [5.41, 5.74) is 0.644. The molecule has 2 aromatic heterocycles. The Morgan fingerprint density at radius 2 is 1.53 bits per heavy atom. The average molecular weight is 536 g/mol. The molecule has 0 spiro atoms. The molecule has 0 aliphatic carbocycles. The summed E-state index contributed by atoms with van der Waals surface area (Å²) < 4.78 is 44.8. The van der Waals surface area contributed by atoms with Gasteiger partial charge in [-0.15, -0.1) is 0 Å². The topological polar surface area (TPSA) is 137 Å². The molecular formula is C26H25N5O6S. The number of aromatic nitrogens is 4. The van der Waals surface area contributed by atoms with Crippen molar-refractivity contribution in [2.75, 3.05) is 18.5 Å². The van der Waals surface area contributed by atoms with E-state index in [0.717, 1.165) is 5.41 Å². The Labute approximate surface area is 220 Å². The van der Waals surface area contributed by atoms with Crippen LogP contribution in [0.25, 0.3) is 17.7 Å². The predicted molar refractivity (Wildman–Crippen MR) is 141 cm³/mol. The van der Waals surface area contributed by atoms with Gasteiger partial charge >= 0.3 is 0 Å². The molecule has 196 valence electrons. The van der Waals surface area contributed by atoms with Gasteiger partial charge in [-0.25, -0.2) is 27.7 Å². The van der Waals surface area contributed by atoms with E-state index in [1.807, 2.05) is 6.07 Å². The summed E-state index contributed by atoms with van der Waals surface area (Å²) in [4.78, 5) is 17.1. The summed E-state index contributed by atoms with van der Waals surface area (Å²) in [6.45, 7) is 1.29. The molecule has 1 unspecified atom stereocenters. The molecule has 0 fully saturated rings. The molecule has 2 aromatic carbocycles. The fourth-order valence-corrected chi connectivity index (χ4v) is 4.68. The molecule has 0 saturated heterocycles. The second-order valence-corrected chi connectivity index (χ2v) is 9.42. The lowest BCUT2D eigenvalue weighted by Crippen LogP contribution is -2.38. The molecule has 4 rings (SSSR count). The molecule has 1 N–H and O–H groups in total. The fourth-order valence-electron chi connectivity index (χ4n) is 3.43. The summed E-state index contributed by atoms with van der Waals surface area (Å²) in [6.07, 6.45) is 2.82. The third-order valence-corrected chi connectivity index (χ3v) is 6.62. The smallest absolute Gasteiger partial charge is 0.263 e. The number of hydrogen-bond donors (Lipinski definition) is 1. The van der Waals surface area contributed by atoms with Crippen LogP contribution in [0.2, 0.25) is 0 Å². The van der Waals surface area contributed by atoms with E-state index in [4.69, 9.17) is 14.2 Å². The standard InChI is InChI=1S/C26H25N5O6S/c1-18(32)31(38(33,34)17-14-19-10-5-4-6-11-19)25-22(37-21-13-8-7-12-20(21)35-2)26(36-3)30-24(29-25)23-27-15-9-16-28-23/h4-18,32H,1-3H3/b17-14+. The third kappa shape index (κ3) is 5.88. The molecule has 0 aliphatic rings. The van der Waals surface area contributed by atoms with E-state index < -0.39 is 16.3 Å². The quantitative estimate of drug-likeness (QED) is 0.298. The zero-order chi connectivity index (χ0) is 27.1. The van der Waals surface area contributed by atoms with E-state index in [-0.39, 0.29) is 34.8 Å². The fraction of sp³-hybridized carbons (Fsp3) is 0.154. The van der Waals surface area contributed by atoms with Gasteiger partial charge in [-0.05, 0) is 36.8 Å². The first-order valence-electron chi connectivity index (χ1n) is 11.3. The Kier molecular flexibility index (Phi) is 8.14. The Bertz CT molecular complexity index is 1520. The first-order chi connectivity index (χ1) is 18.3. The Morgan fingerprint density at radius 1 is 0.868 bits per heavy atom. The maximum Gasteiger partial charge on any atom is 0.263 e. The zero-order valence-corrected chi connectivity index (χ0v) is 21.6. The maximum atomic E-state index is 13.6. The molecule has 0 saturated carbocycles. The molecule has 0 radical (unpaired) electrons. The van der Waals surface area contributed by atoms with E-state index in [9.17, 15) is 13.5 Å². The van der Waals surface area contributed by atoms with Gasteiger partial charge < -0.3 is 19.3 Å². The summed E-state index contributed by atoms with van der Waals surface area (Å²) in [5.74, 6) is 0.0934. The molecule has 38 heavy (non-hydrogen) atoms. The predicted octanol–water partition coefficient (Wildman–Crippen LogP) is 3.89. The van der Waals surface area contributed by atoms with Crippen LogP contribution in [0, 0.1) is 0 Å². The molecule has 1 atom stereocenters. The van der Waals surface area contributed by atoms with Crippen molar-refractivity contribution in [1.29, 1.82) is 0 Å². The van der Waals surface area contributed by atoms with Gasteiger partial charge in [-0.2, -0.15) is 4.98 Å². The van der Waals surface area contributed by atoms with Gasteiger partial charge in [-0.3, -0.25) is 0 Å². The Balaban J connectivity index is 1.93. The Hall–Kier alpha value is -4.55. The summed E-state index contributed by atoms with van der Waals surface area (Å²) in [5, 5.41) is 11.7. The molecule has 4 aromatic rings. The van der Waals surface area contributed by atoms with Crippen molar-refractivity contribution in [3.8, 4) is 34.8 Å². The van der Waals surface area contributed by atoms with E-state index in [2.05, 4.69) is 19.9 Å². The number of methoxy groups -OCH3 is 2. The van der Waals surface area contributed by atoms with Gasteiger partial charge in [0.1, 0.15) is 6.23 Å². The van der Waals surface area contributed by atoms with Crippen LogP contribution < -0.4 is 18.5 Å². The van der Waals surface area contributed by atoms with E-state index in [1.54, 1.807) is 54.6 Å². The van der Waals surface area contributed by atoms with Gasteiger partial charge in [0.15, 0.2) is 23.1 Å². The van der Waals surface area contributed by atoms with Gasteiger partial charge in [0, 0.05) is 12.4 Å². The lowest BCUT2D eigenvalue weighted by atomic mass is 10.2. The summed E-state index contributed by atoms with van der Waals surface area (Å²) >= 11 is 0. The highest BCUT2D eigenvalue weighted by Crippen LogP contribution is 2.43. The van der Waals surface area contributed by atoms with Crippen LogP contribution in [-0.4, -0.2) is 53.9 Å². The number of benzene rings is 2. The van der Waals surface area contributed by atoms with Crippen LogP contribution in [-0.2, 0) is 10.0 Å². The van der Waals surface area contributed by atoms with Crippen LogP contribution >= 0.6 is 0 Å². The highest BCUT2D eigenvalue weighted by molar-refractivity contribution is 7.95. The van der Waals surface area contributed by atoms with Crippen LogP contribution in [0.15, 0.2) is 78.5 Å². The van der Waals surface area contributed by atoms with Crippen molar-refractivity contribution in [3.63, 3.8) is 0 Å². The number of hydrogen-bond acceptors (Lipinski definition) is 10. The number of ether oxygens (including phenoxy) is 3. The molecular weight excluding hydrogens is 510 g/mol.